The van der Waals surface area contributed by atoms with Crippen LogP contribution in [0, 0.1) is 13.8 Å². The van der Waals surface area contributed by atoms with E-state index < -0.39 is 0 Å². The Morgan fingerprint density at radius 1 is 1.10 bits per heavy atom. The highest BCUT2D eigenvalue weighted by atomic mass is 16.1. The molecule has 0 spiro atoms. The number of nitrogens with zero attached hydrogens (tertiary/aromatic N) is 4. The van der Waals surface area contributed by atoms with E-state index in [1.807, 2.05) is 10.7 Å². The van der Waals surface area contributed by atoms with Crippen LogP contribution >= 0.6 is 0 Å². The van der Waals surface area contributed by atoms with Gasteiger partial charge in [-0.05, 0) is 60.4 Å². The molecule has 2 N–H and O–H groups in total. The van der Waals surface area contributed by atoms with Gasteiger partial charge in [-0.25, -0.2) is 4.68 Å². The minimum absolute atomic E-state index is 0.0205. The van der Waals surface area contributed by atoms with E-state index in [4.69, 9.17) is 0 Å². The summed E-state index contributed by atoms with van der Waals surface area (Å²) in [6.45, 7) is 6.27. The lowest BCUT2D eigenvalue weighted by Gasteiger charge is -2.25. The second kappa shape index (κ2) is 7.37. The fraction of sp³-hybridized carbons (Fsp3) is 0.545. The van der Waals surface area contributed by atoms with Crippen molar-refractivity contribution in [2.24, 2.45) is 0 Å². The van der Waals surface area contributed by atoms with Crippen LogP contribution in [-0.4, -0.2) is 38.3 Å². The first-order chi connectivity index (χ1) is 14.1. The lowest BCUT2D eigenvalue weighted by atomic mass is 10.00. The van der Waals surface area contributed by atoms with Crippen molar-refractivity contribution in [2.45, 2.75) is 64.5 Å². The number of aryl methyl sites for hydroxylation is 2. The van der Waals surface area contributed by atoms with E-state index in [1.54, 1.807) is 0 Å². The molecule has 1 aliphatic carbocycles. The van der Waals surface area contributed by atoms with Crippen molar-refractivity contribution in [2.75, 3.05) is 13.1 Å². The minimum atomic E-state index is -0.123. The van der Waals surface area contributed by atoms with Gasteiger partial charge in [0.15, 0.2) is 6.04 Å². The van der Waals surface area contributed by atoms with Crippen LogP contribution in [0.25, 0.3) is 10.9 Å². The monoisotopic (exact) mass is 393 g/mol. The molecule has 0 amide bonds. The fourth-order valence-corrected chi connectivity index (χ4v) is 5.36. The van der Waals surface area contributed by atoms with Crippen LogP contribution in [0.5, 0.6) is 0 Å². The molecule has 0 radical (unpaired) electrons. The van der Waals surface area contributed by atoms with E-state index in [-0.39, 0.29) is 11.6 Å². The zero-order valence-electron chi connectivity index (χ0n) is 17.2. The van der Waals surface area contributed by atoms with E-state index in [1.165, 1.54) is 36.1 Å². The Bertz CT molecular complexity index is 1090. The van der Waals surface area contributed by atoms with Crippen molar-refractivity contribution in [3.05, 3.63) is 51.1 Å². The number of fused-ring (bicyclic) bond motifs is 1. The highest BCUT2D eigenvalue weighted by Crippen LogP contribution is 2.31. The third-order valence-corrected chi connectivity index (χ3v) is 6.75. The maximum absolute atomic E-state index is 13.2. The SMILES string of the molecule is Cc1cc(C)c2cc([C@@H](c3nnnn3C3CCCC3)[NH+]3CCCC3)c(=O)[nH]c2c1. The van der Waals surface area contributed by atoms with Crippen molar-refractivity contribution in [1.82, 2.24) is 25.2 Å². The molecule has 5 rings (SSSR count). The number of aromatic nitrogens is 5. The smallest absolute Gasteiger partial charge is 0.258 e. The number of pyridine rings is 1. The molecule has 3 aromatic rings. The summed E-state index contributed by atoms with van der Waals surface area (Å²) in [5.74, 6) is 0.850. The molecule has 1 atom stereocenters. The Labute approximate surface area is 170 Å². The number of quaternary nitrogens is 1. The molecule has 7 nitrogen and oxygen atoms in total. The molecule has 152 valence electrons. The Hall–Kier alpha value is -2.54. The normalized spacial score (nSPS) is 19.4. The van der Waals surface area contributed by atoms with Crippen molar-refractivity contribution in [1.29, 1.82) is 0 Å². The quantitative estimate of drug-likeness (QED) is 0.711. The number of hydrogen-bond acceptors (Lipinski definition) is 4. The molecular weight excluding hydrogens is 364 g/mol. The highest BCUT2D eigenvalue weighted by molar-refractivity contribution is 5.83. The first kappa shape index (κ1) is 18.5. The van der Waals surface area contributed by atoms with Gasteiger partial charge in [-0.1, -0.05) is 18.9 Å². The summed E-state index contributed by atoms with van der Waals surface area (Å²) < 4.78 is 2.02. The van der Waals surface area contributed by atoms with Gasteiger partial charge in [0.1, 0.15) is 0 Å². The van der Waals surface area contributed by atoms with Gasteiger partial charge in [0, 0.05) is 23.7 Å². The molecular formula is C22H29N6O+. The number of hydrogen-bond donors (Lipinski definition) is 2. The zero-order chi connectivity index (χ0) is 20.0. The van der Waals surface area contributed by atoms with Crippen LogP contribution in [0.1, 0.15) is 73.1 Å². The predicted octanol–water partition coefficient (Wildman–Crippen LogP) is 2.01. The first-order valence-electron chi connectivity index (χ1n) is 10.9. The van der Waals surface area contributed by atoms with E-state index in [0.717, 1.165) is 53.8 Å². The van der Waals surface area contributed by atoms with E-state index in [0.29, 0.717) is 6.04 Å². The largest absolute Gasteiger partial charge is 0.322 e. The van der Waals surface area contributed by atoms with Crippen LogP contribution in [0.15, 0.2) is 23.0 Å². The van der Waals surface area contributed by atoms with Crippen molar-refractivity contribution in [3.8, 4) is 0 Å². The van der Waals surface area contributed by atoms with Crippen molar-refractivity contribution in [3.63, 3.8) is 0 Å². The van der Waals surface area contributed by atoms with Gasteiger partial charge in [-0.2, -0.15) is 0 Å². The lowest BCUT2D eigenvalue weighted by Crippen LogP contribution is -3.10. The third-order valence-electron chi connectivity index (χ3n) is 6.75. The van der Waals surface area contributed by atoms with E-state index >= 15 is 0 Å². The maximum atomic E-state index is 13.2. The van der Waals surface area contributed by atoms with Gasteiger partial charge < -0.3 is 9.88 Å². The number of tetrazole rings is 1. The van der Waals surface area contributed by atoms with E-state index in [9.17, 15) is 4.79 Å². The average molecular weight is 394 g/mol. The second-order valence-electron chi connectivity index (χ2n) is 8.82. The average Bonchev–Trinajstić information content (AvgIpc) is 3.45. The molecule has 1 aliphatic heterocycles. The number of rotatable bonds is 4. The summed E-state index contributed by atoms with van der Waals surface area (Å²) in [6.07, 6.45) is 7.04. The third kappa shape index (κ3) is 3.27. The number of aromatic amines is 1. The highest BCUT2D eigenvalue weighted by Gasteiger charge is 2.37. The molecule has 2 aromatic heterocycles. The predicted molar refractivity (Wildman–Crippen MR) is 111 cm³/mol. The number of nitrogens with one attached hydrogen (secondary N) is 2. The molecule has 1 aromatic carbocycles. The second-order valence-corrected chi connectivity index (χ2v) is 8.82. The number of H-pyrrole nitrogens is 1. The van der Waals surface area contributed by atoms with Crippen LogP contribution in [0.3, 0.4) is 0 Å². The summed E-state index contributed by atoms with van der Waals surface area (Å²) in [5, 5.41) is 14.0. The van der Waals surface area contributed by atoms with Gasteiger partial charge in [0.2, 0.25) is 5.82 Å². The summed E-state index contributed by atoms with van der Waals surface area (Å²) in [6, 6.07) is 6.54. The van der Waals surface area contributed by atoms with Gasteiger partial charge in [0.25, 0.3) is 5.56 Å². The van der Waals surface area contributed by atoms with Crippen molar-refractivity contribution >= 4 is 10.9 Å². The minimum Gasteiger partial charge on any atom is -0.322 e. The van der Waals surface area contributed by atoms with Crippen LogP contribution in [0.2, 0.25) is 0 Å². The standard InChI is InChI=1S/C22H28N6O/c1-14-11-15(2)17-13-18(22(29)23-19(17)12-14)20(27-9-5-6-10-27)21-24-25-26-28(21)16-7-3-4-8-16/h11-13,16,20H,3-10H2,1-2H3,(H,23,29)/p+1/t20-/m0/s1. The molecule has 3 heterocycles. The summed E-state index contributed by atoms with van der Waals surface area (Å²) in [4.78, 5) is 17.8. The lowest BCUT2D eigenvalue weighted by molar-refractivity contribution is -0.914. The van der Waals surface area contributed by atoms with Crippen LogP contribution in [-0.2, 0) is 0 Å². The Morgan fingerprint density at radius 3 is 2.62 bits per heavy atom. The molecule has 2 aliphatic rings. The number of benzene rings is 1. The fourth-order valence-electron chi connectivity index (χ4n) is 5.36. The molecule has 7 heteroatoms. The molecule has 29 heavy (non-hydrogen) atoms. The van der Waals surface area contributed by atoms with Gasteiger partial charge in [-0.3, -0.25) is 4.79 Å². The molecule has 2 fully saturated rings. The first-order valence-corrected chi connectivity index (χ1v) is 10.9. The summed E-state index contributed by atoms with van der Waals surface area (Å²) in [7, 11) is 0. The van der Waals surface area contributed by atoms with Gasteiger partial charge in [-0.15, -0.1) is 5.10 Å². The number of likely N-dealkylation sites (tertiary alicyclic amines) is 1. The molecule has 0 unspecified atom stereocenters. The summed E-state index contributed by atoms with van der Waals surface area (Å²) >= 11 is 0. The van der Waals surface area contributed by atoms with E-state index in [2.05, 4.69) is 46.5 Å². The molecule has 1 saturated heterocycles. The Morgan fingerprint density at radius 2 is 1.86 bits per heavy atom. The van der Waals surface area contributed by atoms with Crippen molar-refractivity contribution < 1.29 is 4.90 Å². The van der Waals surface area contributed by atoms with Gasteiger partial charge >= 0.3 is 0 Å². The maximum Gasteiger partial charge on any atom is 0.258 e. The Kier molecular flexibility index (Phi) is 4.70. The van der Waals surface area contributed by atoms with Crippen LogP contribution < -0.4 is 10.5 Å². The molecule has 0 bridgehead atoms. The Balaban J connectivity index is 1.68. The van der Waals surface area contributed by atoms with Gasteiger partial charge in [0.05, 0.1) is 24.7 Å². The van der Waals surface area contributed by atoms with Crippen LogP contribution in [0.4, 0.5) is 0 Å². The topological polar surface area (TPSA) is 80.9 Å². The summed E-state index contributed by atoms with van der Waals surface area (Å²) in [5.41, 5.74) is 4.01. The zero-order valence-corrected chi connectivity index (χ0v) is 17.2. The molecule has 1 saturated carbocycles.